The number of para-hydroxylation sites is 2. The monoisotopic (exact) mass is 416 g/mol. The molecule has 0 atom stereocenters. The molecular weight excluding hydrogens is 396 g/mol. The third kappa shape index (κ3) is 3.35. The molecule has 1 amide bonds. The molecule has 30 heavy (non-hydrogen) atoms. The smallest absolute Gasteiger partial charge is 0.268 e. The molecule has 5 nitrogen and oxygen atoms in total. The number of carbonyl (C=O) groups is 1. The van der Waals surface area contributed by atoms with Gasteiger partial charge in [-0.05, 0) is 31.2 Å². The average Bonchev–Trinajstić information content (AvgIpc) is 2.75. The van der Waals surface area contributed by atoms with Crippen LogP contribution < -0.4 is 0 Å². The van der Waals surface area contributed by atoms with Gasteiger partial charge in [0.05, 0.1) is 28.0 Å². The standard InChI is InChI=1S/C24H20N2O3S/c1-3-16-26(30(28,29)18-14-12-17(2)13-15-18)24(27)23-19-8-4-6-10-21(19)25-22-11-7-5-9-20(22)23/h3-15H,1,16H2,2H3. The Labute approximate surface area is 175 Å². The van der Waals surface area contributed by atoms with Crippen LogP contribution in [0.25, 0.3) is 21.8 Å². The summed E-state index contributed by atoms with van der Waals surface area (Å²) >= 11 is 0. The van der Waals surface area contributed by atoms with Gasteiger partial charge in [-0.1, -0.05) is 60.2 Å². The maximum atomic E-state index is 13.7. The summed E-state index contributed by atoms with van der Waals surface area (Å²) in [4.78, 5) is 18.4. The lowest BCUT2D eigenvalue weighted by Gasteiger charge is -2.23. The van der Waals surface area contributed by atoms with E-state index in [1.54, 1.807) is 24.3 Å². The Morgan fingerprint density at radius 1 is 0.933 bits per heavy atom. The highest BCUT2D eigenvalue weighted by atomic mass is 32.2. The van der Waals surface area contributed by atoms with Crippen molar-refractivity contribution in [1.29, 1.82) is 0 Å². The number of hydrogen-bond donors (Lipinski definition) is 0. The van der Waals surface area contributed by atoms with Crippen molar-refractivity contribution >= 4 is 37.7 Å². The fraction of sp³-hybridized carbons (Fsp3) is 0.0833. The van der Waals surface area contributed by atoms with Gasteiger partial charge in [0.2, 0.25) is 0 Å². The largest absolute Gasteiger partial charge is 0.269 e. The molecule has 4 rings (SSSR count). The van der Waals surface area contributed by atoms with Gasteiger partial charge >= 0.3 is 0 Å². The molecule has 0 N–H and O–H groups in total. The Kier molecular flexibility index (Phi) is 5.10. The van der Waals surface area contributed by atoms with Crippen molar-refractivity contribution < 1.29 is 13.2 Å². The second-order valence-electron chi connectivity index (χ2n) is 6.96. The van der Waals surface area contributed by atoms with Crippen molar-refractivity contribution in [3.8, 4) is 0 Å². The minimum absolute atomic E-state index is 0.0611. The normalized spacial score (nSPS) is 11.5. The SMILES string of the molecule is C=CCN(C(=O)c1c2ccccc2nc2ccccc12)S(=O)(=O)c1ccc(C)cc1. The number of carbonyl (C=O) groups excluding carboxylic acids is 1. The Morgan fingerprint density at radius 2 is 1.47 bits per heavy atom. The van der Waals surface area contributed by atoms with Gasteiger partial charge in [-0.15, -0.1) is 6.58 Å². The first-order chi connectivity index (χ1) is 14.4. The molecule has 0 unspecified atom stereocenters. The van der Waals surface area contributed by atoms with Crippen LogP contribution in [0.1, 0.15) is 15.9 Å². The van der Waals surface area contributed by atoms with E-state index in [4.69, 9.17) is 0 Å². The predicted octanol–water partition coefficient (Wildman–Crippen LogP) is 4.71. The van der Waals surface area contributed by atoms with Crippen LogP contribution in [0.4, 0.5) is 0 Å². The number of fused-ring (bicyclic) bond motifs is 2. The number of amides is 1. The topological polar surface area (TPSA) is 67.3 Å². The Bertz CT molecular complexity index is 1320. The summed E-state index contributed by atoms with van der Waals surface area (Å²) in [6, 6.07) is 20.9. The van der Waals surface area contributed by atoms with Crippen molar-refractivity contribution in [2.75, 3.05) is 6.54 Å². The van der Waals surface area contributed by atoms with Crippen LogP contribution >= 0.6 is 0 Å². The van der Waals surface area contributed by atoms with Gasteiger partial charge < -0.3 is 0 Å². The summed E-state index contributed by atoms with van der Waals surface area (Å²) in [5, 5.41) is 1.21. The van der Waals surface area contributed by atoms with E-state index in [9.17, 15) is 13.2 Å². The molecule has 0 aliphatic rings. The van der Waals surface area contributed by atoms with Gasteiger partial charge in [0.15, 0.2) is 0 Å². The molecule has 0 spiro atoms. The van der Waals surface area contributed by atoms with Gasteiger partial charge in [-0.25, -0.2) is 17.7 Å². The lowest BCUT2D eigenvalue weighted by Crippen LogP contribution is -2.37. The van der Waals surface area contributed by atoms with Gasteiger partial charge in [0.1, 0.15) is 0 Å². The van der Waals surface area contributed by atoms with Crippen LogP contribution in [-0.2, 0) is 10.0 Å². The summed E-state index contributed by atoms with van der Waals surface area (Å²) in [5.41, 5.74) is 2.51. The molecule has 0 saturated heterocycles. The lowest BCUT2D eigenvalue weighted by atomic mass is 10.0. The summed E-state index contributed by atoms with van der Waals surface area (Å²) in [6.45, 7) is 5.39. The third-order valence-electron chi connectivity index (χ3n) is 4.93. The maximum absolute atomic E-state index is 13.7. The van der Waals surface area contributed by atoms with Crippen LogP contribution in [0.5, 0.6) is 0 Å². The highest BCUT2D eigenvalue weighted by Gasteiger charge is 2.31. The highest BCUT2D eigenvalue weighted by molar-refractivity contribution is 7.89. The first kappa shape index (κ1) is 19.8. The van der Waals surface area contributed by atoms with Crippen LogP contribution in [-0.4, -0.2) is 30.2 Å². The number of rotatable bonds is 5. The minimum Gasteiger partial charge on any atom is -0.268 e. The van der Waals surface area contributed by atoms with E-state index in [1.165, 1.54) is 18.2 Å². The van der Waals surface area contributed by atoms with Crippen molar-refractivity contribution in [3.05, 3.63) is 96.6 Å². The zero-order valence-electron chi connectivity index (χ0n) is 16.4. The Morgan fingerprint density at radius 3 is 2.00 bits per heavy atom. The highest BCUT2D eigenvalue weighted by Crippen LogP contribution is 2.29. The average molecular weight is 417 g/mol. The number of nitrogens with zero attached hydrogens (tertiary/aromatic N) is 2. The molecule has 3 aromatic carbocycles. The van der Waals surface area contributed by atoms with Crippen molar-refractivity contribution in [2.24, 2.45) is 0 Å². The molecule has 0 fully saturated rings. The Balaban J connectivity index is 1.96. The van der Waals surface area contributed by atoms with E-state index in [0.717, 1.165) is 9.87 Å². The molecule has 0 aliphatic heterocycles. The second kappa shape index (κ2) is 7.72. The van der Waals surface area contributed by atoms with Crippen molar-refractivity contribution in [3.63, 3.8) is 0 Å². The predicted molar refractivity (Wildman–Crippen MR) is 119 cm³/mol. The minimum atomic E-state index is -4.07. The summed E-state index contributed by atoms with van der Waals surface area (Å²) in [7, 11) is -4.07. The number of aromatic nitrogens is 1. The van der Waals surface area contributed by atoms with Crippen molar-refractivity contribution in [1.82, 2.24) is 9.29 Å². The molecule has 0 radical (unpaired) electrons. The third-order valence-corrected chi connectivity index (χ3v) is 6.70. The van der Waals surface area contributed by atoms with E-state index >= 15 is 0 Å². The summed E-state index contributed by atoms with van der Waals surface area (Å²) in [6.07, 6.45) is 1.41. The van der Waals surface area contributed by atoms with E-state index in [0.29, 0.717) is 27.4 Å². The molecule has 150 valence electrons. The number of aryl methyl sites for hydroxylation is 1. The molecule has 0 saturated carbocycles. The van der Waals surface area contributed by atoms with E-state index in [1.807, 2.05) is 43.3 Å². The van der Waals surface area contributed by atoms with E-state index < -0.39 is 15.9 Å². The van der Waals surface area contributed by atoms with E-state index in [-0.39, 0.29) is 11.4 Å². The molecule has 1 heterocycles. The van der Waals surface area contributed by atoms with Crippen LogP contribution in [0, 0.1) is 6.92 Å². The van der Waals surface area contributed by atoms with Gasteiger partial charge in [0.25, 0.3) is 15.9 Å². The fourth-order valence-corrected chi connectivity index (χ4v) is 4.79. The maximum Gasteiger partial charge on any atom is 0.269 e. The first-order valence-corrected chi connectivity index (χ1v) is 10.9. The van der Waals surface area contributed by atoms with E-state index in [2.05, 4.69) is 11.6 Å². The Hall–Kier alpha value is -3.51. The molecule has 1 aromatic heterocycles. The number of sulfonamides is 1. The number of pyridine rings is 1. The molecule has 0 aliphatic carbocycles. The van der Waals surface area contributed by atoms with Crippen molar-refractivity contribution in [2.45, 2.75) is 11.8 Å². The molecule has 0 bridgehead atoms. The van der Waals surface area contributed by atoms with Gasteiger partial charge in [0, 0.05) is 10.8 Å². The zero-order valence-corrected chi connectivity index (χ0v) is 17.3. The first-order valence-electron chi connectivity index (χ1n) is 9.45. The number of hydrogen-bond acceptors (Lipinski definition) is 4. The molecular formula is C24H20N2O3S. The summed E-state index contributed by atoms with van der Waals surface area (Å²) in [5.74, 6) is -0.606. The van der Waals surface area contributed by atoms with Gasteiger partial charge in [-0.2, -0.15) is 0 Å². The quantitative estimate of drug-likeness (QED) is 0.349. The molecule has 4 aromatic rings. The van der Waals surface area contributed by atoms with Crippen LogP contribution in [0.3, 0.4) is 0 Å². The molecule has 6 heteroatoms. The van der Waals surface area contributed by atoms with Gasteiger partial charge in [-0.3, -0.25) is 4.79 Å². The fourth-order valence-electron chi connectivity index (χ4n) is 3.44. The van der Waals surface area contributed by atoms with Crippen LogP contribution in [0.15, 0.2) is 90.3 Å². The van der Waals surface area contributed by atoms with Crippen LogP contribution in [0.2, 0.25) is 0 Å². The number of benzene rings is 3. The lowest BCUT2D eigenvalue weighted by molar-refractivity contribution is 0.0875. The second-order valence-corrected chi connectivity index (χ2v) is 8.83. The zero-order chi connectivity index (χ0) is 21.3. The summed E-state index contributed by atoms with van der Waals surface area (Å²) < 4.78 is 27.6.